The van der Waals surface area contributed by atoms with Gasteiger partial charge in [-0.2, -0.15) is 0 Å². The number of nitrogens with zero attached hydrogens (tertiary/aromatic N) is 1. The highest BCUT2D eigenvalue weighted by Crippen LogP contribution is 2.43. The maximum Gasteiger partial charge on any atom is 0.472 e. The molecule has 0 aromatic rings. The number of unbranched alkanes of at least 4 members (excludes halogenated alkanes) is 22. The van der Waals surface area contributed by atoms with E-state index >= 15 is 0 Å². The number of ether oxygens (including phenoxy) is 2. The van der Waals surface area contributed by atoms with Crippen LogP contribution in [-0.2, 0) is 32.7 Å². The van der Waals surface area contributed by atoms with Crippen molar-refractivity contribution in [2.24, 2.45) is 0 Å². The minimum Gasteiger partial charge on any atom is -0.462 e. The number of esters is 2. The van der Waals surface area contributed by atoms with Crippen molar-refractivity contribution in [2.75, 3.05) is 47.5 Å². The zero-order valence-corrected chi connectivity index (χ0v) is 58.9. The standard InChI is InChI=1S/C80H132NO8P/c1-6-8-10-12-14-16-18-20-22-24-26-28-30-32-34-35-36-37-38-39-40-41-42-43-44-45-47-49-51-53-55-57-59-61-63-65-67-69-71-73-80(83)89-78(77-88-90(84,85)87-75-74-81(3,4)5)76-86-79(82)72-70-68-66-64-62-60-58-56-54-52-50-48-46-33-31-29-27-25-23-21-19-17-15-13-11-9-7-2/h8-11,14-17,20-23,26-29,32-34,36-37,39-40,46,50,52,56,58,78H,6-7,12-13,18-19,24-25,30-31,35,38,41-45,47-49,51,53-55,57,59-77H2,1-5H3/p+1/b10-8-,11-9-,16-14-,17-15-,22-20-,23-21-,28-26-,29-27-,34-32-,37-36-,40-39-,46-33-,52-50-,58-56-. The van der Waals surface area contributed by atoms with Gasteiger partial charge in [0.25, 0.3) is 0 Å². The molecular formula is C80H133NO8P+. The monoisotopic (exact) mass is 1270 g/mol. The average molecular weight is 1270 g/mol. The Morgan fingerprint density at radius 3 is 0.889 bits per heavy atom. The van der Waals surface area contributed by atoms with E-state index in [9.17, 15) is 19.0 Å². The Balaban J connectivity index is 4.09. The van der Waals surface area contributed by atoms with Crippen LogP contribution in [0.5, 0.6) is 0 Å². The zero-order valence-electron chi connectivity index (χ0n) is 58.1. The van der Waals surface area contributed by atoms with E-state index in [0.717, 1.165) is 141 Å². The molecule has 0 aromatic carbocycles. The van der Waals surface area contributed by atoms with E-state index in [0.29, 0.717) is 23.9 Å². The summed E-state index contributed by atoms with van der Waals surface area (Å²) in [7, 11) is 1.45. The van der Waals surface area contributed by atoms with Crippen LogP contribution >= 0.6 is 7.82 Å². The van der Waals surface area contributed by atoms with Gasteiger partial charge in [-0.05, 0) is 128 Å². The maximum atomic E-state index is 12.9. The normalized spacial score (nSPS) is 14.2. The van der Waals surface area contributed by atoms with Gasteiger partial charge in [0.05, 0.1) is 27.7 Å². The molecule has 0 rings (SSSR count). The summed E-state index contributed by atoms with van der Waals surface area (Å²) in [6.07, 6.45) is 105. The fraction of sp³-hybridized carbons (Fsp3) is 0.625. The van der Waals surface area contributed by atoms with E-state index in [1.807, 2.05) is 21.1 Å². The molecule has 1 N–H and O–H groups in total. The summed E-state index contributed by atoms with van der Waals surface area (Å²) < 4.78 is 34.7. The summed E-state index contributed by atoms with van der Waals surface area (Å²) in [6, 6.07) is 0. The van der Waals surface area contributed by atoms with Crippen LogP contribution in [-0.4, -0.2) is 74.9 Å². The number of carbonyl (C=O) groups excluding carboxylic acids is 2. The molecule has 0 aliphatic heterocycles. The number of quaternary nitrogens is 1. The van der Waals surface area contributed by atoms with Gasteiger partial charge in [0.1, 0.15) is 19.8 Å². The van der Waals surface area contributed by atoms with Crippen LogP contribution in [0.15, 0.2) is 170 Å². The summed E-state index contributed by atoms with van der Waals surface area (Å²) in [5.41, 5.74) is 0. The Labute approximate surface area is 553 Å². The zero-order chi connectivity index (χ0) is 65.5. The molecule has 2 atom stereocenters. The molecule has 0 amide bonds. The molecule has 0 aromatic heterocycles. The largest absolute Gasteiger partial charge is 0.472 e. The van der Waals surface area contributed by atoms with E-state index in [1.165, 1.54) is 89.9 Å². The van der Waals surface area contributed by atoms with Gasteiger partial charge >= 0.3 is 19.8 Å². The van der Waals surface area contributed by atoms with Gasteiger partial charge in [-0.15, -0.1) is 0 Å². The van der Waals surface area contributed by atoms with Crippen LogP contribution in [0.2, 0.25) is 0 Å². The lowest BCUT2D eigenvalue weighted by Gasteiger charge is -2.24. The van der Waals surface area contributed by atoms with E-state index in [2.05, 4.69) is 184 Å². The lowest BCUT2D eigenvalue weighted by Crippen LogP contribution is -2.37. The topological polar surface area (TPSA) is 108 Å². The van der Waals surface area contributed by atoms with Crippen molar-refractivity contribution >= 4 is 19.8 Å². The summed E-state index contributed by atoms with van der Waals surface area (Å²) in [5, 5.41) is 0. The first-order valence-corrected chi connectivity index (χ1v) is 37.4. The molecule has 10 heteroatoms. The third kappa shape index (κ3) is 72.4. The van der Waals surface area contributed by atoms with Crippen molar-refractivity contribution in [3.05, 3.63) is 170 Å². The molecule has 510 valence electrons. The highest BCUT2D eigenvalue weighted by Gasteiger charge is 2.27. The Hall–Kier alpha value is -4.63. The van der Waals surface area contributed by atoms with Crippen molar-refractivity contribution in [1.82, 2.24) is 0 Å². The van der Waals surface area contributed by atoms with Crippen LogP contribution < -0.4 is 0 Å². The fourth-order valence-electron chi connectivity index (χ4n) is 9.33. The van der Waals surface area contributed by atoms with Crippen molar-refractivity contribution in [3.63, 3.8) is 0 Å². The van der Waals surface area contributed by atoms with E-state index in [-0.39, 0.29) is 32.0 Å². The van der Waals surface area contributed by atoms with Crippen LogP contribution in [0.25, 0.3) is 0 Å². The molecule has 9 nitrogen and oxygen atoms in total. The SMILES string of the molecule is CC/C=C\C/C=C\C/C=C\C/C=C\C/C=C\C/C=C\C/C=C\CCCCCCCCCCCCCCCCCCCC(=O)OC(COC(=O)CCCCCCC/C=C\C/C=C\C/C=C\C/C=C\C/C=C\C/C=C\C/C=C\CC)COP(=O)(O)OCC[N+](C)(C)C. The molecule has 0 spiro atoms. The summed E-state index contributed by atoms with van der Waals surface area (Å²) in [4.78, 5) is 35.9. The predicted molar refractivity (Wildman–Crippen MR) is 389 cm³/mol. The second-order valence-electron chi connectivity index (χ2n) is 24.5. The van der Waals surface area contributed by atoms with Gasteiger partial charge in [-0.25, -0.2) is 4.57 Å². The van der Waals surface area contributed by atoms with Crippen molar-refractivity contribution in [1.29, 1.82) is 0 Å². The third-order valence-corrected chi connectivity index (χ3v) is 15.7. The second kappa shape index (κ2) is 68.7. The van der Waals surface area contributed by atoms with Crippen LogP contribution in [0, 0.1) is 0 Å². The van der Waals surface area contributed by atoms with Crippen LogP contribution in [0.1, 0.15) is 271 Å². The summed E-state index contributed by atoms with van der Waals surface area (Å²) >= 11 is 0. The van der Waals surface area contributed by atoms with Gasteiger partial charge in [0.2, 0.25) is 0 Å². The number of hydrogen-bond acceptors (Lipinski definition) is 7. The molecule has 0 heterocycles. The van der Waals surface area contributed by atoms with E-state index < -0.39 is 26.5 Å². The Morgan fingerprint density at radius 2 is 0.600 bits per heavy atom. The number of hydrogen-bond donors (Lipinski definition) is 1. The van der Waals surface area contributed by atoms with Gasteiger partial charge < -0.3 is 18.9 Å². The van der Waals surface area contributed by atoms with Gasteiger partial charge in [-0.1, -0.05) is 300 Å². The van der Waals surface area contributed by atoms with Crippen molar-refractivity contribution < 1.29 is 42.1 Å². The second-order valence-corrected chi connectivity index (χ2v) is 26.0. The first kappa shape index (κ1) is 85.4. The highest BCUT2D eigenvalue weighted by molar-refractivity contribution is 7.47. The maximum absolute atomic E-state index is 12.9. The van der Waals surface area contributed by atoms with E-state index in [4.69, 9.17) is 18.5 Å². The Morgan fingerprint density at radius 1 is 0.344 bits per heavy atom. The molecule has 0 saturated heterocycles. The molecule has 90 heavy (non-hydrogen) atoms. The molecule has 0 radical (unpaired) electrons. The highest BCUT2D eigenvalue weighted by atomic mass is 31.2. The fourth-order valence-corrected chi connectivity index (χ4v) is 10.1. The number of phosphoric ester groups is 1. The Bertz CT molecular complexity index is 2130. The molecule has 0 fully saturated rings. The van der Waals surface area contributed by atoms with Crippen LogP contribution in [0.3, 0.4) is 0 Å². The molecule has 0 saturated carbocycles. The smallest absolute Gasteiger partial charge is 0.462 e. The van der Waals surface area contributed by atoms with Gasteiger partial charge in [0.15, 0.2) is 6.10 Å². The Kier molecular flexibility index (Phi) is 65.2. The molecule has 0 aliphatic carbocycles. The first-order valence-electron chi connectivity index (χ1n) is 35.9. The predicted octanol–water partition coefficient (Wildman–Crippen LogP) is 23.7. The lowest BCUT2D eigenvalue weighted by atomic mass is 10.0. The van der Waals surface area contributed by atoms with E-state index in [1.54, 1.807) is 0 Å². The third-order valence-electron chi connectivity index (χ3n) is 14.7. The van der Waals surface area contributed by atoms with Crippen molar-refractivity contribution in [2.45, 2.75) is 277 Å². The van der Waals surface area contributed by atoms with Gasteiger partial charge in [-0.3, -0.25) is 18.6 Å². The van der Waals surface area contributed by atoms with Gasteiger partial charge in [0, 0.05) is 12.8 Å². The number of allylic oxidation sites excluding steroid dienone is 28. The minimum atomic E-state index is -4.41. The van der Waals surface area contributed by atoms with Crippen LogP contribution in [0.4, 0.5) is 0 Å². The minimum absolute atomic E-state index is 0.0207. The molecule has 2 unspecified atom stereocenters. The molecule has 0 aliphatic rings. The lowest BCUT2D eigenvalue weighted by molar-refractivity contribution is -0.870. The number of carbonyl (C=O) groups is 2. The molecule has 0 bridgehead atoms. The quantitative estimate of drug-likeness (QED) is 0.0211. The first-order chi connectivity index (χ1) is 44.0. The number of rotatable bonds is 64. The van der Waals surface area contributed by atoms with Crippen molar-refractivity contribution in [3.8, 4) is 0 Å². The summed E-state index contributed by atoms with van der Waals surface area (Å²) in [6.45, 7) is 4.18. The molecular weight excluding hydrogens is 1130 g/mol. The average Bonchev–Trinajstić information content (AvgIpc) is 3.58. The number of likely N-dealkylation sites (N-methyl/N-ethyl adjacent to an activating group) is 1. The summed E-state index contributed by atoms with van der Waals surface area (Å²) in [5.74, 6) is -0.825. The number of phosphoric acid groups is 1.